The fourth-order valence-electron chi connectivity index (χ4n) is 2.35. The Labute approximate surface area is 154 Å². The lowest BCUT2D eigenvalue weighted by molar-refractivity contribution is -0.111. The third kappa shape index (κ3) is 5.59. The molecule has 2 rings (SSSR count). The van der Waals surface area contributed by atoms with E-state index in [-0.39, 0.29) is 17.3 Å². The molecule has 0 spiro atoms. The summed E-state index contributed by atoms with van der Waals surface area (Å²) < 4.78 is 4.93. The first-order valence-electron chi connectivity index (χ1n) is 8.66. The van der Waals surface area contributed by atoms with Crippen LogP contribution in [-0.4, -0.2) is 18.5 Å². The summed E-state index contributed by atoms with van der Waals surface area (Å²) in [7, 11) is 0. The number of esters is 1. The molecule has 0 unspecified atom stereocenters. The Morgan fingerprint density at radius 3 is 2.15 bits per heavy atom. The molecule has 0 saturated heterocycles. The van der Waals surface area contributed by atoms with Gasteiger partial charge in [0.1, 0.15) is 0 Å². The first-order chi connectivity index (χ1) is 12.3. The minimum Gasteiger partial charge on any atom is -0.462 e. The maximum atomic E-state index is 12.0. The van der Waals surface area contributed by atoms with Gasteiger partial charge in [-0.2, -0.15) is 0 Å². The van der Waals surface area contributed by atoms with Crippen LogP contribution in [0, 0.1) is 0 Å². The van der Waals surface area contributed by atoms with Crippen LogP contribution in [0.4, 0.5) is 5.69 Å². The van der Waals surface area contributed by atoms with Gasteiger partial charge in [0.15, 0.2) is 0 Å². The zero-order valence-electron chi connectivity index (χ0n) is 15.7. The van der Waals surface area contributed by atoms with Crippen LogP contribution in [-0.2, 0) is 14.9 Å². The molecule has 1 amide bonds. The van der Waals surface area contributed by atoms with E-state index in [4.69, 9.17) is 4.74 Å². The molecule has 0 fully saturated rings. The number of hydrogen-bond donors (Lipinski definition) is 1. The number of benzene rings is 2. The second kappa shape index (κ2) is 8.48. The van der Waals surface area contributed by atoms with Gasteiger partial charge in [-0.05, 0) is 53.8 Å². The first-order valence-corrected chi connectivity index (χ1v) is 8.66. The van der Waals surface area contributed by atoms with E-state index in [1.807, 2.05) is 12.1 Å². The van der Waals surface area contributed by atoms with Crippen LogP contribution in [0.2, 0.25) is 0 Å². The van der Waals surface area contributed by atoms with Gasteiger partial charge >= 0.3 is 5.97 Å². The fourth-order valence-corrected chi connectivity index (χ4v) is 2.35. The average molecular weight is 351 g/mol. The van der Waals surface area contributed by atoms with Gasteiger partial charge in [0.05, 0.1) is 12.2 Å². The largest absolute Gasteiger partial charge is 0.462 e. The van der Waals surface area contributed by atoms with Crippen LogP contribution in [0.3, 0.4) is 0 Å². The number of ether oxygens (including phenoxy) is 1. The highest BCUT2D eigenvalue weighted by molar-refractivity contribution is 6.02. The van der Waals surface area contributed by atoms with Gasteiger partial charge in [-0.1, -0.05) is 45.0 Å². The van der Waals surface area contributed by atoms with Gasteiger partial charge in [-0.25, -0.2) is 4.79 Å². The minimum absolute atomic E-state index is 0.106. The zero-order chi connectivity index (χ0) is 19.2. The number of hydrogen-bond acceptors (Lipinski definition) is 3. The van der Waals surface area contributed by atoms with Crippen LogP contribution in [0.25, 0.3) is 6.08 Å². The quantitative estimate of drug-likeness (QED) is 0.621. The molecule has 2 aromatic carbocycles. The highest BCUT2D eigenvalue weighted by Crippen LogP contribution is 2.22. The lowest BCUT2D eigenvalue weighted by Gasteiger charge is -2.18. The van der Waals surface area contributed by atoms with Crippen LogP contribution in [0.1, 0.15) is 49.2 Å². The topological polar surface area (TPSA) is 55.4 Å². The number of amides is 1. The third-order valence-electron chi connectivity index (χ3n) is 3.87. The normalized spacial score (nSPS) is 11.4. The molecule has 0 saturated carbocycles. The summed E-state index contributed by atoms with van der Waals surface area (Å²) in [6.45, 7) is 8.59. The smallest absolute Gasteiger partial charge is 0.338 e. The summed E-state index contributed by atoms with van der Waals surface area (Å²) in [5.74, 6) is -0.599. The Bertz CT molecular complexity index is 782. The van der Waals surface area contributed by atoms with Crippen molar-refractivity contribution in [3.8, 4) is 0 Å². The monoisotopic (exact) mass is 351 g/mol. The van der Waals surface area contributed by atoms with Crippen LogP contribution in [0.5, 0.6) is 0 Å². The summed E-state index contributed by atoms with van der Waals surface area (Å²) in [5.41, 5.74) is 3.40. The van der Waals surface area contributed by atoms with E-state index >= 15 is 0 Å². The van der Waals surface area contributed by atoms with E-state index < -0.39 is 0 Å². The molecule has 4 heteroatoms. The maximum absolute atomic E-state index is 12.0. The summed E-state index contributed by atoms with van der Waals surface area (Å²) in [6.07, 6.45) is 3.26. The van der Waals surface area contributed by atoms with Crippen molar-refractivity contribution in [3.05, 3.63) is 71.3 Å². The van der Waals surface area contributed by atoms with E-state index in [1.54, 1.807) is 37.3 Å². The lowest BCUT2D eigenvalue weighted by Crippen LogP contribution is -2.10. The van der Waals surface area contributed by atoms with Crippen molar-refractivity contribution < 1.29 is 14.3 Å². The van der Waals surface area contributed by atoms with Gasteiger partial charge in [-0.3, -0.25) is 4.79 Å². The summed E-state index contributed by atoms with van der Waals surface area (Å²) in [6, 6.07) is 14.8. The van der Waals surface area contributed by atoms with Crippen molar-refractivity contribution in [2.75, 3.05) is 11.9 Å². The number of rotatable bonds is 5. The van der Waals surface area contributed by atoms with E-state index in [2.05, 4.69) is 38.2 Å². The Morgan fingerprint density at radius 1 is 1.00 bits per heavy atom. The van der Waals surface area contributed by atoms with E-state index in [0.29, 0.717) is 17.9 Å². The van der Waals surface area contributed by atoms with Gasteiger partial charge in [-0.15, -0.1) is 0 Å². The van der Waals surface area contributed by atoms with E-state index in [9.17, 15) is 9.59 Å². The van der Waals surface area contributed by atoms with Crippen LogP contribution >= 0.6 is 0 Å². The molecule has 0 aliphatic heterocycles. The van der Waals surface area contributed by atoms with Crippen molar-refractivity contribution in [1.82, 2.24) is 0 Å². The predicted octanol–water partition coefficient (Wildman–Crippen LogP) is 4.81. The van der Waals surface area contributed by atoms with E-state index in [1.165, 1.54) is 11.6 Å². The van der Waals surface area contributed by atoms with Gasteiger partial charge in [0, 0.05) is 11.8 Å². The summed E-state index contributed by atoms with van der Waals surface area (Å²) >= 11 is 0. The molecular weight excluding hydrogens is 326 g/mol. The van der Waals surface area contributed by atoms with Crippen molar-refractivity contribution in [1.29, 1.82) is 0 Å². The SMILES string of the molecule is CCOC(=O)c1ccc(NC(=O)C=Cc2ccc(C(C)(C)C)cc2)cc1. The molecule has 136 valence electrons. The van der Waals surface area contributed by atoms with Gasteiger partial charge in [0.2, 0.25) is 5.91 Å². The maximum Gasteiger partial charge on any atom is 0.338 e. The molecular formula is C22H25NO3. The molecule has 0 atom stereocenters. The molecule has 0 heterocycles. The Balaban J connectivity index is 1.95. The molecule has 0 radical (unpaired) electrons. The van der Waals surface area contributed by atoms with E-state index in [0.717, 1.165) is 5.56 Å². The van der Waals surface area contributed by atoms with Crippen molar-refractivity contribution in [2.24, 2.45) is 0 Å². The van der Waals surface area contributed by atoms with Crippen molar-refractivity contribution in [3.63, 3.8) is 0 Å². The van der Waals surface area contributed by atoms with Gasteiger partial charge < -0.3 is 10.1 Å². The van der Waals surface area contributed by atoms with Crippen LogP contribution < -0.4 is 5.32 Å². The Hall–Kier alpha value is -2.88. The molecule has 0 aliphatic carbocycles. The van der Waals surface area contributed by atoms with Gasteiger partial charge in [0.25, 0.3) is 0 Å². The molecule has 0 aromatic heterocycles. The number of carbonyl (C=O) groups is 2. The number of carbonyl (C=O) groups excluding carboxylic acids is 2. The highest BCUT2D eigenvalue weighted by atomic mass is 16.5. The standard InChI is InChI=1S/C22H25NO3/c1-5-26-21(25)17-9-13-19(14-10-17)23-20(24)15-8-16-6-11-18(12-7-16)22(2,3)4/h6-15H,5H2,1-4H3,(H,23,24). The summed E-state index contributed by atoms with van der Waals surface area (Å²) in [5, 5.41) is 2.77. The second-order valence-electron chi connectivity index (χ2n) is 6.99. The highest BCUT2D eigenvalue weighted by Gasteiger charge is 2.12. The zero-order valence-corrected chi connectivity index (χ0v) is 15.7. The summed E-state index contributed by atoms with van der Waals surface area (Å²) in [4.78, 5) is 23.6. The lowest BCUT2D eigenvalue weighted by atomic mass is 9.87. The fraction of sp³-hybridized carbons (Fsp3) is 0.273. The molecule has 0 bridgehead atoms. The predicted molar refractivity (Wildman–Crippen MR) is 105 cm³/mol. The molecule has 26 heavy (non-hydrogen) atoms. The number of anilines is 1. The second-order valence-corrected chi connectivity index (χ2v) is 6.99. The van der Waals surface area contributed by atoms with Crippen LogP contribution in [0.15, 0.2) is 54.6 Å². The Morgan fingerprint density at radius 2 is 1.62 bits per heavy atom. The number of nitrogens with one attached hydrogen (secondary N) is 1. The molecule has 4 nitrogen and oxygen atoms in total. The molecule has 2 aromatic rings. The molecule has 0 aliphatic rings. The first kappa shape index (κ1) is 19.4. The molecule has 1 N–H and O–H groups in total. The van der Waals surface area contributed by atoms with Crippen molar-refractivity contribution >= 4 is 23.6 Å². The average Bonchev–Trinajstić information content (AvgIpc) is 2.60. The van der Waals surface area contributed by atoms with Crippen molar-refractivity contribution in [2.45, 2.75) is 33.1 Å². The Kier molecular flexibility index (Phi) is 6.34. The minimum atomic E-state index is -0.371. The third-order valence-corrected chi connectivity index (χ3v) is 3.87.